The van der Waals surface area contributed by atoms with E-state index in [2.05, 4.69) is 5.32 Å². The minimum atomic E-state index is -0.591. The first-order valence-corrected chi connectivity index (χ1v) is 5.45. The van der Waals surface area contributed by atoms with Gasteiger partial charge in [-0.05, 0) is 13.0 Å². The van der Waals surface area contributed by atoms with E-state index in [0.717, 1.165) is 0 Å². The van der Waals surface area contributed by atoms with Crippen LogP contribution in [0.25, 0.3) is 0 Å². The minimum absolute atomic E-state index is 0.216. The molecule has 1 unspecified atom stereocenters. The average Bonchev–Trinajstić information content (AvgIpc) is 2.75. The molecular formula is C11H15N3O3. The Labute approximate surface area is 98.7 Å². The van der Waals surface area contributed by atoms with Crippen LogP contribution in [-0.2, 0) is 4.79 Å². The Morgan fingerprint density at radius 3 is 2.94 bits per heavy atom. The quantitative estimate of drug-likeness (QED) is 0.725. The third-order valence-electron chi connectivity index (χ3n) is 2.81. The van der Waals surface area contributed by atoms with Crippen molar-refractivity contribution in [2.24, 2.45) is 5.73 Å². The van der Waals surface area contributed by atoms with Crippen molar-refractivity contribution in [1.29, 1.82) is 0 Å². The predicted octanol–water partition coefficient (Wildman–Crippen LogP) is -0.513. The van der Waals surface area contributed by atoms with Crippen molar-refractivity contribution in [1.82, 2.24) is 10.2 Å². The van der Waals surface area contributed by atoms with Crippen LogP contribution >= 0.6 is 0 Å². The third kappa shape index (κ3) is 2.31. The molecule has 2 rings (SSSR count). The summed E-state index contributed by atoms with van der Waals surface area (Å²) in [7, 11) is 0. The first-order valence-electron chi connectivity index (χ1n) is 5.45. The summed E-state index contributed by atoms with van der Waals surface area (Å²) < 4.78 is 5.09. The van der Waals surface area contributed by atoms with Crippen molar-refractivity contribution < 1.29 is 14.0 Å². The summed E-state index contributed by atoms with van der Waals surface area (Å²) in [6, 6.07) is 1.06. The first-order chi connectivity index (χ1) is 8.09. The first kappa shape index (κ1) is 11.7. The highest BCUT2D eigenvalue weighted by Crippen LogP contribution is 2.13. The molecule has 0 aliphatic carbocycles. The van der Waals surface area contributed by atoms with Gasteiger partial charge in [0.25, 0.3) is 5.91 Å². The summed E-state index contributed by atoms with van der Waals surface area (Å²) in [4.78, 5) is 24.9. The molecule has 92 valence electrons. The molecule has 1 aromatic heterocycles. The maximum atomic E-state index is 12.2. The largest absolute Gasteiger partial charge is 0.469 e. The van der Waals surface area contributed by atoms with Crippen LogP contribution in [0.15, 0.2) is 16.7 Å². The molecule has 1 aromatic rings. The zero-order chi connectivity index (χ0) is 12.4. The molecule has 1 aliphatic heterocycles. The second kappa shape index (κ2) is 4.58. The smallest absolute Gasteiger partial charge is 0.257 e. The molecular weight excluding hydrogens is 222 g/mol. The molecule has 1 fully saturated rings. The lowest BCUT2D eigenvalue weighted by atomic mass is 10.1. The molecule has 6 nitrogen and oxygen atoms in total. The third-order valence-corrected chi connectivity index (χ3v) is 2.81. The molecule has 0 radical (unpaired) electrons. The Hall–Kier alpha value is -1.82. The molecule has 0 bridgehead atoms. The molecule has 1 saturated heterocycles. The fourth-order valence-corrected chi connectivity index (χ4v) is 1.92. The number of primary amides is 1. The summed E-state index contributed by atoms with van der Waals surface area (Å²) in [5.41, 5.74) is 5.74. The highest BCUT2D eigenvalue weighted by Gasteiger charge is 2.31. The number of nitrogens with two attached hydrogens (primary N) is 1. The Morgan fingerprint density at radius 2 is 2.35 bits per heavy atom. The van der Waals surface area contributed by atoms with E-state index in [9.17, 15) is 9.59 Å². The number of piperazine rings is 1. The van der Waals surface area contributed by atoms with Gasteiger partial charge in [-0.15, -0.1) is 0 Å². The SMILES string of the molecule is Cc1cc(C(=O)N2CCNCC2C(N)=O)co1. The Morgan fingerprint density at radius 1 is 1.59 bits per heavy atom. The van der Waals surface area contributed by atoms with E-state index in [-0.39, 0.29) is 5.91 Å². The molecule has 1 atom stereocenters. The van der Waals surface area contributed by atoms with Crippen LogP contribution in [0.3, 0.4) is 0 Å². The number of furan rings is 1. The standard InChI is InChI=1S/C11H15N3O3/c1-7-4-8(6-17-7)11(16)14-3-2-13-5-9(14)10(12)15/h4,6,9,13H,2-3,5H2,1H3,(H2,12,15). The van der Waals surface area contributed by atoms with Crippen molar-refractivity contribution in [3.8, 4) is 0 Å². The van der Waals surface area contributed by atoms with Gasteiger partial charge in [-0.3, -0.25) is 9.59 Å². The highest BCUT2D eigenvalue weighted by molar-refractivity contribution is 5.97. The van der Waals surface area contributed by atoms with Crippen molar-refractivity contribution in [2.45, 2.75) is 13.0 Å². The zero-order valence-electron chi connectivity index (χ0n) is 9.60. The lowest BCUT2D eigenvalue weighted by Crippen LogP contribution is -2.58. The predicted molar refractivity (Wildman–Crippen MR) is 60.3 cm³/mol. The average molecular weight is 237 g/mol. The molecule has 17 heavy (non-hydrogen) atoms. The van der Waals surface area contributed by atoms with Crippen LogP contribution < -0.4 is 11.1 Å². The maximum absolute atomic E-state index is 12.2. The Balaban J connectivity index is 2.19. The molecule has 0 spiro atoms. The summed E-state index contributed by atoms with van der Waals surface area (Å²) in [5, 5.41) is 3.04. The number of amides is 2. The number of nitrogens with one attached hydrogen (secondary N) is 1. The number of hydrogen-bond donors (Lipinski definition) is 2. The van der Waals surface area contributed by atoms with Crippen LogP contribution in [0.2, 0.25) is 0 Å². The van der Waals surface area contributed by atoms with Gasteiger partial charge in [-0.1, -0.05) is 0 Å². The van der Waals surface area contributed by atoms with Crippen molar-refractivity contribution >= 4 is 11.8 Å². The number of aryl methyl sites for hydroxylation is 1. The zero-order valence-corrected chi connectivity index (χ0v) is 9.60. The lowest BCUT2D eigenvalue weighted by molar-refractivity contribution is -0.122. The van der Waals surface area contributed by atoms with Crippen molar-refractivity contribution in [3.05, 3.63) is 23.7 Å². The van der Waals surface area contributed by atoms with Crippen molar-refractivity contribution in [2.75, 3.05) is 19.6 Å². The molecule has 2 amide bonds. The molecule has 2 heterocycles. The lowest BCUT2D eigenvalue weighted by Gasteiger charge is -2.33. The fraction of sp³-hybridized carbons (Fsp3) is 0.455. The van der Waals surface area contributed by atoms with Gasteiger partial charge in [-0.2, -0.15) is 0 Å². The summed E-state index contributed by atoms with van der Waals surface area (Å²) in [5.74, 6) is -0.0444. The van der Waals surface area contributed by atoms with E-state index >= 15 is 0 Å². The van der Waals surface area contributed by atoms with Crippen LogP contribution in [-0.4, -0.2) is 42.4 Å². The van der Waals surface area contributed by atoms with E-state index in [1.807, 2.05) is 0 Å². The van der Waals surface area contributed by atoms with Crippen molar-refractivity contribution in [3.63, 3.8) is 0 Å². The van der Waals surface area contributed by atoms with E-state index < -0.39 is 11.9 Å². The van der Waals surface area contributed by atoms with Gasteiger partial charge >= 0.3 is 0 Å². The molecule has 3 N–H and O–H groups in total. The fourth-order valence-electron chi connectivity index (χ4n) is 1.92. The van der Waals surface area contributed by atoms with E-state index in [1.165, 1.54) is 11.2 Å². The number of nitrogens with zero attached hydrogens (tertiary/aromatic N) is 1. The summed E-state index contributed by atoms with van der Waals surface area (Å²) >= 11 is 0. The second-order valence-electron chi connectivity index (χ2n) is 4.07. The topological polar surface area (TPSA) is 88.6 Å². The van der Waals surface area contributed by atoms with Gasteiger partial charge in [-0.25, -0.2) is 0 Å². The summed E-state index contributed by atoms with van der Waals surface area (Å²) in [6.07, 6.45) is 1.40. The van der Waals surface area contributed by atoms with Crippen LogP contribution in [0.4, 0.5) is 0 Å². The molecule has 1 aliphatic rings. The highest BCUT2D eigenvalue weighted by atomic mass is 16.3. The van der Waals surface area contributed by atoms with Gasteiger partial charge in [0.05, 0.1) is 5.56 Å². The van der Waals surface area contributed by atoms with E-state index in [1.54, 1.807) is 13.0 Å². The summed E-state index contributed by atoms with van der Waals surface area (Å²) in [6.45, 7) is 3.29. The second-order valence-corrected chi connectivity index (χ2v) is 4.07. The van der Waals surface area contributed by atoms with Gasteiger partial charge in [0.2, 0.25) is 5.91 Å². The molecule has 0 saturated carbocycles. The molecule has 6 heteroatoms. The minimum Gasteiger partial charge on any atom is -0.469 e. The van der Waals surface area contributed by atoms with Gasteiger partial charge in [0.1, 0.15) is 18.1 Å². The van der Waals surface area contributed by atoms with E-state index in [4.69, 9.17) is 10.2 Å². The van der Waals surface area contributed by atoms with E-state index in [0.29, 0.717) is 31.0 Å². The van der Waals surface area contributed by atoms with Crippen LogP contribution in [0, 0.1) is 6.92 Å². The Bertz CT molecular complexity index is 441. The number of rotatable bonds is 2. The molecule has 0 aromatic carbocycles. The number of carbonyl (C=O) groups excluding carboxylic acids is 2. The van der Waals surface area contributed by atoms with Crippen LogP contribution in [0.5, 0.6) is 0 Å². The monoisotopic (exact) mass is 237 g/mol. The van der Waals surface area contributed by atoms with Gasteiger partial charge in [0.15, 0.2) is 0 Å². The van der Waals surface area contributed by atoms with Gasteiger partial charge in [0, 0.05) is 19.6 Å². The number of carbonyl (C=O) groups is 2. The Kier molecular flexibility index (Phi) is 3.14. The van der Waals surface area contributed by atoms with Gasteiger partial charge < -0.3 is 20.4 Å². The number of hydrogen-bond acceptors (Lipinski definition) is 4. The van der Waals surface area contributed by atoms with Crippen LogP contribution in [0.1, 0.15) is 16.1 Å². The normalized spacial score (nSPS) is 20.3. The maximum Gasteiger partial charge on any atom is 0.257 e.